The molecule has 2 N–H and O–H groups in total. The number of ketones is 1. The average Bonchev–Trinajstić information content (AvgIpc) is 2.53. The number of aryl methyl sites for hydroxylation is 2. The number of aromatic nitrogens is 3. The second-order valence-corrected chi connectivity index (χ2v) is 5.70. The summed E-state index contributed by atoms with van der Waals surface area (Å²) in [6.07, 6.45) is 3.54. The number of nitrogens with zero attached hydrogens (tertiary/aromatic N) is 3. The van der Waals surface area contributed by atoms with Crippen LogP contribution in [0.1, 0.15) is 29.4 Å². The Kier molecular flexibility index (Phi) is 4.08. The summed E-state index contributed by atoms with van der Waals surface area (Å²) in [5.74, 6) is 0.196. The van der Waals surface area contributed by atoms with Crippen LogP contribution in [0.3, 0.4) is 0 Å². The molecule has 0 fully saturated rings. The predicted octanol–water partition coefficient (Wildman–Crippen LogP) is 3.35. The minimum absolute atomic E-state index is 0.0392. The first-order chi connectivity index (χ1) is 11.5. The average molecular weight is 318 g/mol. The molecule has 5 nitrogen and oxygen atoms in total. The Morgan fingerprint density at radius 3 is 2.46 bits per heavy atom. The zero-order valence-electron chi connectivity index (χ0n) is 13.9. The molecule has 0 spiro atoms. The lowest BCUT2D eigenvalue weighted by Gasteiger charge is -2.09. The summed E-state index contributed by atoms with van der Waals surface area (Å²) in [5, 5.41) is 0.990. The molecule has 5 heteroatoms. The van der Waals surface area contributed by atoms with Gasteiger partial charge in [-0.3, -0.25) is 9.78 Å². The Hall–Kier alpha value is -3.08. The van der Waals surface area contributed by atoms with Crippen LogP contribution < -0.4 is 5.73 Å². The van der Waals surface area contributed by atoms with Crippen LogP contribution in [0, 0.1) is 13.8 Å². The Labute approximate surface area is 140 Å². The summed E-state index contributed by atoms with van der Waals surface area (Å²) >= 11 is 0. The molecule has 0 radical (unpaired) electrons. The number of hydrogen-bond acceptors (Lipinski definition) is 5. The van der Waals surface area contributed by atoms with E-state index in [-0.39, 0.29) is 11.7 Å². The highest BCUT2D eigenvalue weighted by molar-refractivity contribution is 6.24. The van der Waals surface area contributed by atoms with E-state index in [4.69, 9.17) is 5.73 Å². The van der Waals surface area contributed by atoms with Crippen LogP contribution in [0.15, 0.2) is 36.5 Å². The molecule has 120 valence electrons. The van der Waals surface area contributed by atoms with E-state index < -0.39 is 0 Å². The molecule has 0 unspecified atom stereocenters. The third kappa shape index (κ3) is 3.01. The van der Waals surface area contributed by atoms with Gasteiger partial charge in [-0.25, -0.2) is 9.97 Å². The van der Waals surface area contributed by atoms with Crippen LogP contribution in [0.4, 0.5) is 5.95 Å². The number of carbonyl (C=O) groups is 1. The van der Waals surface area contributed by atoms with Crippen molar-refractivity contribution in [3.63, 3.8) is 0 Å². The number of benzene rings is 1. The standard InChI is InChI=1S/C19H18N4O/c1-11-16(12(2)23-19(20)22-11)9-17(13(3)24)15-8-14-6-4-5-7-18(14)21-10-15/h4-10H,1-3H3,(H2,20,22,23)/b17-9+. The monoisotopic (exact) mass is 318 g/mol. The molecule has 0 atom stereocenters. The number of nitrogen functional groups attached to an aromatic ring is 1. The predicted molar refractivity (Wildman–Crippen MR) is 96.2 cm³/mol. The normalized spacial score (nSPS) is 11.7. The van der Waals surface area contributed by atoms with Crippen LogP contribution in [-0.2, 0) is 4.79 Å². The molecule has 0 saturated heterocycles. The lowest BCUT2D eigenvalue weighted by molar-refractivity contribution is -0.111. The van der Waals surface area contributed by atoms with E-state index in [0.29, 0.717) is 5.57 Å². The number of anilines is 1. The van der Waals surface area contributed by atoms with Gasteiger partial charge in [0.2, 0.25) is 5.95 Å². The summed E-state index contributed by atoms with van der Waals surface area (Å²) < 4.78 is 0. The van der Waals surface area contributed by atoms with Crippen molar-refractivity contribution >= 4 is 34.3 Å². The number of allylic oxidation sites excluding steroid dienone is 1. The second kappa shape index (κ2) is 6.20. The lowest BCUT2D eigenvalue weighted by Crippen LogP contribution is -2.04. The first kappa shape index (κ1) is 15.8. The van der Waals surface area contributed by atoms with Crippen molar-refractivity contribution in [1.82, 2.24) is 15.0 Å². The maximum Gasteiger partial charge on any atom is 0.220 e. The Morgan fingerprint density at radius 1 is 1.12 bits per heavy atom. The van der Waals surface area contributed by atoms with Crippen molar-refractivity contribution in [2.45, 2.75) is 20.8 Å². The molecule has 0 saturated carbocycles. The van der Waals surface area contributed by atoms with Crippen molar-refractivity contribution < 1.29 is 4.79 Å². The smallest absolute Gasteiger partial charge is 0.220 e. The second-order valence-electron chi connectivity index (χ2n) is 5.70. The SMILES string of the molecule is CC(=O)/C(=C\c1c(C)nc(N)nc1C)c1cnc2ccccc2c1. The quantitative estimate of drug-likeness (QED) is 0.749. The fourth-order valence-electron chi connectivity index (χ4n) is 2.71. The van der Waals surface area contributed by atoms with Crippen LogP contribution in [-0.4, -0.2) is 20.7 Å². The van der Waals surface area contributed by atoms with Crippen LogP contribution in [0.2, 0.25) is 0 Å². The largest absolute Gasteiger partial charge is 0.368 e. The highest BCUT2D eigenvalue weighted by atomic mass is 16.1. The summed E-state index contributed by atoms with van der Waals surface area (Å²) in [4.78, 5) is 25.0. The Morgan fingerprint density at radius 2 is 1.79 bits per heavy atom. The first-order valence-corrected chi connectivity index (χ1v) is 7.64. The molecule has 0 aliphatic rings. The molecule has 0 bridgehead atoms. The molecular weight excluding hydrogens is 300 g/mol. The van der Waals surface area contributed by atoms with Gasteiger partial charge in [0.15, 0.2) is 5.78 Å². The molecule has 0 amide bonds. The van der Waals surface area contributed by atoms with Gasteiger partial charge in [-0.1, -0.05) is 18.2 Å². The van der Waals surface area contributed by atoms with E-state index in [1.165, 1.54) is 0 Å². The number of hydrogen-bond donors (Lipinski definition) is 1. The van der Waals surface area contributed by atoms with Crippen molar-refractivity contribution in [2.24, 2.45) is 0 Å². The molecule has 0 aliphatic heterocycles. The zero-order chi connectivity index (χ0) is 17.3. The fourth-order valence-corrected chi connectivity index (χ4v) is 2.71. The van der Waals surface area contributed by atoms with Gasteiger partial charge in [0, 0.05) is 28.3 Å². The van der Waals surface area contributed by atoms with E-state index in [9.17, 15) is 4.79 Å². The summed E-state index contributed by atoms with van der Waals surface area (Å²) in [7, 11) is 0. The molecule has 2 aromatic heterocycles. The molecular formula is C19H18N4O. The number of pyridine rings is 1. The molecule has 1 aromatic carbocycles. The van der Waals surface area contributed by atoms with Gasteiger partial charge in [-0.15, -0.1) is 0 Å². The van der Waals surface area contributed by atoms with E-state index in [1.807, 2.05) is 50.3 Å². The Balaban J connectivity index is 2.18. The van der Waals surface area contributed by atoms with Crippen LogP contribution in [0.25, 0.3) is 22.6 Å². The number of carbonyl (C=O) groups excluding carboxylic acids is 1. The van der Waals surface area contributed by atoms with Crippen molar-refractivity contribution in [3.05, 3.63) is 59.0 Å². The molecule has 24 heavy (non-hydrogen) atoms. The summed E-state index contributed by atoms with van der Waals surface area (Å²) in [6, 6.07) is 9.78. The van der Waals surface area contributed by atoms with Gasteiger partial charge in [-0.05, 0) is 39.0 Å². The van der Waals surface area contributed by atoms with Crippen LogP contribution in [0.5, 0.6) is 0 Å². The molecule has 2 heterocycles. The van der Waals surface area contributed by atoms with Gasteiger partial charge >= 0.3 is 0 Å². The number of Topliss-reactive ketones (excluding diaryl/α,β-unsaturated/α-hetero) is 1. The maximum atomic E-state index is 12.2. The zero-order valence-corrected chi connectivity index (χ0v) is 13.9. The van der Waals surface area contributed by atoms with E-state index in [0.717, 1.165) is 33.4 Å². The molecule has 0 aliphatic carbocycles. The fraction of sp³-hybridized carbons (Fsp3) is 0.158. The number of nitrogens with two attached hydrogens (primary N) is 1. The topological polar surface area (TPSA) is 81.8 Å². The maximum absolute atomic E-state index is 12.2. The van der Waals surface area contributed by atoms with Crippen molar-refractivity contribution in [2.75, 3.05) is 5.73 Å². The van der Waals surface area contributed by atoms with Gasteiger partial charge < -0.3 is 5.73 Å². The Bertz CT molecular complexity index is 953. The van der Waals surface area contributed by atoms with E-state index >= 15 is 0 Å². The van der Waals surface area contributed by atoms with Gasteiger partial charge in [-0.2, -0.15) is 0 Å². The van der Waals surface area contributed by atoms with Crippen LogP contribution >= 0.6 is 0 Å². The first-order valence-electron chi connectivity index (χ1n) is 7.64. The van der Waals surface area contributed by atoms with Crippen molar-refractivity contribution in [3.8, 4) is 0 Å². The lowest BCUT2D eigenvalue weighted by atomic mass is 9.98. The minimum Gasteiger partial charge on any atom is -0.368 e. The third-order valence-corrected chi connectivity index (χ3v) is 3.91. The molecule has 3 aromatic rings. The third-order valence-electron chi connectivity index (χ3n) is 3.91. The number of fused-ring (bicyclic) bond motifs is 1. The summed E-state index contributed by atoms with van der Waals surface area (Å²) in [6.45, 7) is 5.25. The summed E-state index contributed by atoms with van der Waals surface area (Å²) in [5.41, 5.74) is 10.2. The highest BCUT2D eigenvalue weighted by Crippen LogP contribution is 2.24. The minimum atomic E-state index is -0.0392. The molecule has 3 rings (SSSR count). The van der Waals surface area contributed by atoms with E-state index in [2.05, 4.69) is 15.0 Å². The van der Waals surface area contributed by atoms with Gasteiger partial charge in [0.25, 0.3) is 0 Å². The number of para-hydroxylation sites is 1. The number of rotatable bonds is 3. The van der Waals surface area contributed by atoms with Gasteiger partial charge in [0.05, 0.1) is 16.9 Å². The van der Waals surface area contributed by atoms with Gasteiger partial charge in [0.1, 0.15) is 0 Å². The van der Waals surface area contributed by atoms with Crippen molar-refractivity contribution in [1.29, 1.82) is 0 Å². The highest BCUT2D eigenvalue weighted by Gasteiger charge is 2.12. The van der Waals surface area contributed by atoms with E-state index in [1.54, 1.807) is 13.1 Å².